The second kappa shape index (κ2) is 8.42. The van der Waals surface area contributed by atoms with Gasteiger partial charge in [-0.2, -0.15) is 0 Å². The number of amides is 3. The molecule has 2 heterocycles. The fourth-order valence-corrected chi connectivity index (χ4v) is 3.68. The lowest BCUT2D eigenvalue weighted by atomic mass is 10.1. The molecule has 0 spiro atoms. The molecule has 1 aliphatic heterocycles. The Morgan fingerprint density at radius 2 is 1.87 bits per heavy atom. The average Bonchev–Trinajstić information content (AvgIpc) is 3.35. The maximum absolute atomic E-state index is 13.0. The number of hydrogen-bond acceptors (Lipinski definition) is 6. The fraction of sp³-hybridized carbons (Fsp3) is 0.143. The number of thiazole rings is 1. The third kappa shape index (κ3) is 4.36. The Morgan fingerprint density at radius 1 is 1.13 bits per heavy atom. The molecule has 1 aliphatic rings. The maximum Gasteiger partial charge on any atom is 0.338 e. The van der Waals surface area contributed by atoms with Gasteiger partial charge in [0.15, 0.2) is 0 Å². The van der Waals surface area contributed by atoms with Crippen molar-refractivity contribution in [2.24, 2.45) is 0 Å². The molecule has 1 aromatic heterocycles. The molecule has 0 unspecified atom stereocenters. The molecule has 0 bridgehead atoms. The van der Waals surface area contributed by atoms with Crippen molar-refractivity contribution in [2.75, 3.05) is 6.54 Å². The Bertz CT molecular complexity index is 1080. The van der Waals surface area contributed by atoms with Gasteiger partial charge in [-0.15, -0.1) is 11.3 Å². The van der Waals surface area contributed by atoms with Crippen LogP contribution in [0.3, 0.4) is 0 Å². The normalized spacial score (nSPS) is 13.4. The fourth-order valence-electron chi connectivity index (χ4n) is 2.87. The Labute approximate surface area is 175 Å². The number of esters is 1. The highest BCUT2D eigenvalue weighted by atomic mass is 32.1. The van der Waals surface area contributed by atoms with Gasteiger partial charge in [0.25, 0.3) is 0 Å². The van der Waals surface area contributed by atoms with Gasteiger partial charge in [-0.05, 0) is 42.0 Å². The standard InChI is InChI=1S/C21H16FN3O4S/c22-16-7-5-14(6-8-16)19-24-17(12-30-19)11-29-20(27)15-3-1-13(2-4-15)10-25-18(26)9-23-21(25)28/h1-8,12H,9-11H2,(H,23,28). The van der Waals surface area contributed by atoms with Crippen LogP contribution in [0.1, 0.15) is 21.6 Å². The highest BCUT2D eigenvalue weighted by Crippen LogP contribution is 2.24. The number of hydrogen-bond donors (Lipinski definition) is 1. The molecule has 1 N–H and O–H groups in total. The van der Waals surface area contributed by atoms with E-state index in [4.69, 9.17) is 4.74 Å². The minimum atomic E-state index is -0.507. The maximum atomic E-state index is 13.0. The number of aromatic nitrogens is 1. The molecule has 3 amide bonds. The van der Waals surface area contributed by atoms with Crippen molar-refractivity contribution in [1.82, 2.24) is 15.2 Å². The third-order valence-electron chi connectivity index (χ3n) is 4.46. The molecule has 7 nitrogen and oxygen atoms in total. The van der Waals surface area contributed by atoms with Gasteiger partial charge in [0.1, 0.15) is 17.4 Å². The Morgan fingerprint density at radius 3 is 2.53 bits per heavy atom. The van der Waals surface area contributed by atoms with Crippen molar-refractivity contribution < 1.29 is 23.5 Å². The molecule has 9 heteroatoms. The molecule has 152 valence electrons. The van der Waals surface area contributed by atoms with E-state index in [1.165, 1.54) is 23.5 Å². The zero-order valence-electron chi connectivity index (χ0n) is 15.6. The number of nitrogens with zero attached hydrogens (tertiary/aromatic N) is 2. The molecule has 0 aliphatic carbocycles. The second-order valence-electron chi connectivity index (χ2n) is 6.56. The first kappa shape index (κ1) is 19.7. The number of carbonyl (C=O) groups is 3. The molecule has 0 radical (unpaired) electrons. The zero-order valence-corrected chi connectivity index (χ0v) is 16.4. The van der Waals surface area contributed by atoms with Crippen molar-refractivity contribution in [3.63, 3.8) is 0 Å². The summed E-state index contributed by atoms with van der Waals surface area (Å²) in [5.74, 6) is -1.11. The average molecular weight is 425 g/mol. The molecule has 1 fully saturated rings. The quantitative estimate of drug-likeness (QED) is 0.483. The molecular formula is C21H16FN3O4S. The van der Waals surface area contributed by atoms with Crippen LogP contribution in [0.25, 0.3) is 10.6 Å². The van der Waals surface area contributed by atoms with Gasteiger partial charge in [-0.25, -0.2) is 19.0 Å². The molecule has 0 atom stereocenters. The predicted octanol–water partition coefficient (Wildman–Crippen LogP) is 3.36. The van der Waals surface area contributed by atoms with Crippen LogP contribution in [-0.2, 0) is 22.7 Å². The van der Waals surface area contributed by atoms with Gasteiger partial charge in [-0.1, -0.05) is 12.1 Å². The summed E-state index contributed by atoms with van der Waals surface area (Å²) >= 11 is 1.38. The second-order valence-corrected chi connectivity index (χ2v) is 7.42. The number of carbonyl (C=O) groups excluding carboxylic acids is 3. The lowest BCUT2D eigenvalue weighted by molar-refractivity contribution is -0.125. The summed E-state index contributed by atoms with van der Waals surface area (Å²) in [5, 5.41) is 4.96. The van der Waals surface area contributed by atoms with Crippen LogP contribution < -0.4 is 5.32 Å². The highest BCUT2D eigenvalue weighted by Gasteiger charge is 2.28. The zero-order chi connectivity index (χ0) is 21.1. The van der Waals surface area contributed by atoms with Crippen molar-refractivity contribution in [3.05, 3.63) is 76.5 Å². The number of rotatable bonds is 6. The van der Waals surface area contributed by atoms with Crippen LogP contribution in [0.4, 0.5) is 9.18 Å². The molecular weight excluding hydrogens is 409 g/mol. The first-order valence-corrected chi connectivity index (χ1v) is 9.92. The van der Waals surface area contributed by atoms with Gasteiger partial charge < -0.3 is 10.1 Å². The van der Waals surface area contributed by atoms with Gasteiger partial charge >= 0.3 is 12.0 Å². The lowest BCUT2D eigenvalue weighted by Gasteiger charge is -2.12. The molecule has 4 rings (SSSR count). The summed E-state index contributed by atoms with van der Waals surface area (Å²) in [6.07, 6.45) is 0. The van der Waals surface area contributed by atoms with E-state index in [1.54, 1.807) is 41.8 Å². The van der Waals surface area contributed by atoms with Crippen molar-refractivity contribution >= 4 is 29.2 Å². The minimum absolute atomic E-state index is 0.00271. The molecule has 1 saturated heterocycles. The van der Waals surface area contributed by atoms with Crippen LogP contribution in [0.15, 0.2) is 53.9 Å². The van der Waals surface area contributed by atoms with Crippen LogP contribution in [0.2, 0.25) is 0 Å². The van der Waals surface area contributed by atoms with E-state index in [1.807, 2.05) is 0 Å². The van der Waals surface area contributed by atoms with Crippen LogP contribution >= 0.6 is 11.3 Å². The number of benzene rings is 2. The van der Waals surface area contributed by atoms with Crippen LogP contribution in [0, 0.1) is 5.82 Å². The minimum Gasteiger partial charge on any atom is -0.456 e. The monoisotopic (exact) mass is 425 g/mol. The number of urea groups is 1. The van der Waals surface area contributed by atoms with Gasteiger partial charge in [0.05, 0.1) is 24.3 Å². The van der Waals surface area contributed by atoms with Gasteiger partial charge in [0.2, 0.25) is 5.91 Å². The smallest absolute Gasteiger partial charge is 0.338 e. The number of halogens is 1. The topological polar surface area (TPSA) is 88.6 Å². The van der Waals surface area contributed by atoms with E-state index < -0.39 is 12.0 Å². The van der Waals surface area contributed by atoms with Crippen LogP contribution in [0.5, 0.6) is 0 Å². The van der Waals surface area contributed by atoms with Crippen molar-refractivity contribution in [3.8, 4) is 10.6 Å². The first-order valence-electron chi connectivity index (χ1n) is 9.04. The third-order valence-corrected chi connectivity index (χ3v) is 5.40. The van der Waals surface area contributed by atoms with E-state index in [2.05, 4.69) is 10.3 Å². The highest BCUT2D eigenvalue weighted by molar-refractivity contribution is 7.13. The Balaban J connectivity index is 1.33. The van der Waals surface area contributed by atoms with Crippen LogP contribution in [-0.4, -0.2) is 34.3 Å². The van der Waals surface area contributed by atoms with Gasteiger partial charge in [-0.3, -0.25) is 9.69 Å². The summed E-state index contributed by atoms with van der Waals surface area (Å²) in [6, 6.07) is 12.1. The van der Waals surface area contributed by atoms with E-state index in [0.29, 0.717) is 16.3 Å². The summed E-state index contributed by atoms with van der Waals surface area (Å²) in [7, 11) is 0. The number of nitrogens with one attached hydrogen (secondary N) is 1. The van der Waals surface area contributed by atoms with E-state index >= 15 is 0 Å². The largest absolute Gasteiger partial charge is 0.456 e. The van der Waals surface area contributed by atoms with E-state index in [0.717, 1.165) is 16.0 Å². The van der Waals surface area contributed by atoms with Crippen molar-refractivity contribution in [1.29, 1.82) is 0 Å². The SMILES string of the molecule is O=C(OCc1csc(-c2ccc(F)cc2)n1)c1ccc(CN2C(=O)CNC2=O)cc1. The predicted molar refractivity (Wildman–Crippen MR) is 107 cm³/mol. The first-order chi connectivity index (χ1) is 14.5. The summed E-state index contributed by atoms with van der Waals surface area (Å²) in [4.78, 5) is 41.0. The Kier molecular flexibility index (Phi) is 5.53. The Hall–Kier alpha value is -3.59. The summed E-state index contributed by atoms with van der Waals surface area (Å²) in [5.41, 5.74) is 2.47. The lowest BCUT2D eigenvalue weighted by Crippen LogP contribution is -2.30. The summed E-state index contributed by atoms with van der Waals surface area (Å²) < 4.78 is 18.3. The molecule has 2 aromatic carbocycles. The number of imide groups is 1. The number of ether oxygens (including phenoxy) is 1. The van der Waals surface area contributed by atoms with E-state index in [9.17, 15) is 18.8 Å². The summed E-state index contributed by atoms with van der Waals surface area (Å²) in [6.45, 7) is 0.161. The molecule has 0 saturated carbocycles. The van der Waals surface area contributed by atoms with E-state index in [-0.39, 0.29) is 31.4 Å². The molecule has 3 aromatic rings. The van der Waals surface area contributed by atoms with Gasteiger partial charge in [0, 0.05) is 10.9 Å². The molecule has 30 heavy (non-hydrogen) atoms. The van der Waals surface area contributed by atoms with Crippen molar-refractivity contribution in [2.45, 2.75) is 13.2 Å².